The van der Waals surface area contributed by atoms with Gasteiger partial charge in [-0.05, 0) is 44.4 Å². The van der Waals surface area contributed by atoms with E-state index >= 15 is 0 Å². The van der Waals surface area contributed by atoms with Crippen molar-refractivity contribution < 1.29 is 18.0 Å². The molecule has 2 aromatic rings. The Labute approximate surface area is 168 Å². The van der Waals surface area contributed by atoms with Crippen LogP contribution in [0.2, 0.25) is 0 Å². The number of H-pyrrole nitrogens is 1. The number of halogens is 3. The minimum Gasteiger partial charge on any atom is -0.352 e. The molecular weight excluding hydrogens is 381 g/mol. The Morgan fingerprint density at radius 1 is 1.34 bits per heavy atom. The maximum Gasteiger partial charge on any atom is 0.416 e. The van der Waals surface area contributed by atoms with Crippen LogP contribution in [0.4, 0.5) is 13.2 Å². The van der Waals surface area contributed by atoms with Crippen molar-refractivity contribution in [1.29, 1.82) is 0 Å². The van der Waals surface area contributed by atoms with E-state index in [1.165, 1.54) is 6.07 Å². The van der Waals surface area contributed by atoms with Gasteiger partial charge in [0.05, 0.1) is 30.0 Å². The molecule has 0 saturated carbocycles. The molecule has 0 spiro atoms. The fourth-order valence-corrected chi connectivity index (χ4v) is 3.49. The first-order valence-electron chi connectivity index (χ1n) is 9.91. The van der Waals surface area contributed by atoms with Crippen molar-refractivity contribution in [2.75, 3.05) is 13.1 Å². The monoisotopic (exact) mass is 408 g/mol. The number of carbonyl (C=O) groups excluding carboxylic acids is 1. The number of likely N-dealkylation sites (tertiary alicyclic amines) is 1. The van der Waals surface area contributed by atoms with E-state index in [0.717, 1.165) is 31.5 Å². The van der Waals surface area contributed by atoms with Crippen LogP contribution in [0.5, 0.6) is 0 Å². The SMILES string of the molecule is CC(C)[C@H](C)NC(=O)CN1CCC[C@H]1c1ncc(-c2cccc(C(F)(F)F)c2)[nH]1. The van der Waals surface area contributed by atoms with Crippen LogP contribution < -0.4 is 5.32 Å². The van der Waals surface area contributed by atoms with Crippen molar-refractivity contribution in [2.45, 2.75) is 51.9 Å². The van der Waals surface area contributed by atoms with Crippen LogP contribution in [0.1, 0.15) is 51.0 Å². The number of hydrogen-bond acceptors (Lipinski definition) is 3. The summed E-state index contributed by atoms with van der Waals surface area (Å²) in [5.41, 5.74) is 0.284. The second-order valence-electron chi connectivity index (χ2n) is 7.99. The number of nitrogens with one attached hydrogen (secondary N) is 2. The predicted molar refractivity (Wildman–Crippen MR) is 105 cm³/mol. The average Bonchev–Trinajstić information content (AvgIpc) is 3.30. The number of benzene rings is 1. The zero-order valence-corrected chi connectivity index (χ0v) is 16.9. The van der Waals surface area contributed by atoms with E-state index in [4.69, 9.17) is 0 Å². The Morgan fingerprint density at radius 3 is 2.79 bits per heavy atom. The van der Waals surface area contributed by atoms with Gasteiger partial charge in [0.2, 0.25) is 5.91 Å². The van der Waals surface area contributed by atoms with Crippen LogP contribution in [0.25, 0.3) is 11.3 Å². The first-order chi connectivity index (χ1) is 13.6. The third-order valence-corrected chi connectivity index (χ3v) is 5.51. The lowest BCUT2D eigenvalue weighted by atomic mass is 10.1. The van der Waals surface area contributed by atoms with Gasteiger partial charge in [0.1, 0.15) is 5.82 Å². The largest absolute Gasteiger partial charge is 0.416 e. The van der Waals surface area contributed by atoms with Gasteiger partial charge < -0.3 is 10.3 Å². The molecular formula is C21H27F3N4O. The van der Waals surface area contributed by atoms with Gasteiger partial charge >= 0.3 is 6.18 Å². The van der Waals surface area contributed by atoms with Crippen molar-refractivity contribution in [1.82, 2.24) is 20.2 Å². The van der Waals surface area contributed by atoms with E-state index in [9.17, 15) is 18.0 Å². The Morgan fingerprint density at radius 2 is 2.10 bits per heavy atom. The minimum atomic E-state index is -4.39. The summed E-state index contributed by atoms with van der Waals surface area (Å²) in [6.45, 7) is 7.16. The molecule has 3 rings (SSSR count). The second-order valence-corrected chi connectivity index (χ2v) is 7.99. The molecule has 1 aromatic carbocycles. The van der Waals surface area contributed by atoms with Crippen molar-refractivity contribution in [3.05, 3.63) is 41.9 Å². The smallest absolute Gasteiger partial charge is 0.352 e. The van der Waals surface area contributed by atoms with Gasteiger partial charge in [0.25, 0.3) is 0 Å². The molecule has 5 nitrogen and oxygen atoms in total. The lowest BCUT2D eigenvalue weighted by Gasteiger charge is -2.24. The highest BCUT2D eigenvalue weighted by molar-refractivity contribution is 5.78. The number of alkyl halides is 3. The lowest BCUT2D eigenvalue weighted by molar-refractivity contribution is -0.137. The van der Waals surface area contributed by atoms with E-state index in [1.807, 2.05) is 6.92 Å². The summed E-state index contributed by atoms with van der Waals surface area (Å²) >= 11 is 0. The molecule has 29 heavy (non-hydrogen) atoms. The highest BCUT2D eigenvalue weighted by Gasteiger charge is 2.32. The number of carbonyl (C=O) groups is 1. The molecule has 1 fully saturated rings. The number of aromatic amines is 1. The number of aromatic nitrogens is 2. The maximum atomic E-state index is 13.0. The molecule has 1 aromatic heterocycles. The molecule has 1 aliphatic heterocycles. The summed E-state index contributed by atoms with van der Waals surface area (Å²) in [5, 5.41) is 3.01. The third-order valence-electron chi connectivity index (χ3n) is 5.51. The minimum absolute atomic E-state index is 0.0252. The molecule has 158 valence electrons. The van der Waals surface area contributed by atoms with E-state index in [1.54, 1.807) is 12.3 Å². The van der Waals surface area contributed by atoms with Gasteiger partial charge in [-0.3, -0.25) is 9.69 Å². The fraction of sp³-hybridized carbons (Fsp3) is 0.524. The Hall–Kier alpha value is -2.35. The zero-order chi connectivity index (χ0) is 21.2. The number of nitrogens with zero attached hydrogens (tertiary/aromatic N) is 2. The predicted octanol–water partition coefficient (Wildman–Crippen LogP) is 4.39. The summed E-state index contributed by atoms with van der Waals surface area (Å²) in [6, 6.07) is 5.23. The van der Waals surface area contributed by atoms with Gasteiger partial charge in [-0.2, -0.15) is 13.2 Å². The fourth-order valence-electron chi connectivity index (χ4n) is 3.49. The van der Waals surface area contributed by atoms with Gasteiger partial charge in [-0.1, -0.05) is 26.0 Å². The van der Waals surface area contributed by atoms with Crippen LogP contribution in [0.15, 0.2) is 30.5 Å². The number of imidazole rings is 1. The van der Waals surface area contributed by atoms with E-state index < -0.39 is 11.7 Å². The van der Waals surface area contributed by atoms with Crippen LogP contribution in [-0.2, 0) is 11.0 Å². The molecule has 2 N–H and O–H groups in total. The Bertz CT molecular complexity index is 846. The first kappa shape index (κ1) is 21.4. The quantitative estimate of drug-likeness (QED) is 0.745. The highest BCUT2D eigenvalue weighted by atomic mass is 19.4. The molecule has 0 bridgehead atoms. The summed E-state index contributed by atoms with van der Waals surface area (Å²) in [5.74, 6) is 1.01. The molecule has 1 aliphatic rings. The summed E-state index contributed by atoms with van der Waals surface area (Å²) in [4.78, 5) is 22.0. The number of rotatable bonds is 6. The van der Waals surface area contributed by atoms with E-state index in [-0.39, 0.29) is 24.5 Å². The van der Waals surface area contributed by atoms with Crippen LogP contribution in [0.3, 0.4) is 0 Å². The first-order valence-corrected chi connectivity index (χ1v) is 9.91. The van der Waals surface area contributed by atoms with Gasteiger partial charge in [-0.25, -0.2) is 4.98 Å². The summed E-state index contributed by atoms with van der Waals surface area (Å²) < 4.78 is 38.9. The number of hydrogen-bond donors (Lipinski definition) is 2. The molecule has 2 heterocycles. The van der Waals surface area contributed by atoms with Crippen molar-refractivity contribution >= 4 is 5.91 Å². The summed E-state index contributed by atoms with van der Waals surface area (Å²) in [7, 11) is 0. The van der Waals surface area contributed by atoms with Crippen molar-refractivity contribution in [3.8, 4) is 11.3 Å². The Kier molecular flexibility index (Phi) is 6.31. The lowest BCUT2D eigenvalue weighted by Crippen LogP contribution is -2.42. The normalized spacial score (nSPS) is 18.9. The standard InChI is InChI=1S/C21H27F3N4O/c1-13(2)14(3)26-19(29)12-28-9-5-8-18(28)20-25-11-17(27-20)15-6-4-7-16(10-15)21(22,23)24/h4,6-7,10-11,13-14,18H,5,8-9,12H2,1-3H3,(H,25,27)(H,26,29)/t14-,18-/m0/s1. The molecule has 0 aliphatic carbocycles. The topological polar surface area (TPSA) is 61.0 Å². The maximum absolute atomic E-state index is 13.0. The van der Waals surface area contributed by atoms with E-state index in [2.05, 4.69) is 34.0 Å². The summed E-state index contributed by atoms with van der Waals surface area (Å²) in [6.07, 6.45) is -1.04. The highest BCUT2D eigenvalue weighted by Crippen LogP contribution is 2.34. The Balaban J connectivity index is 1.72. The molecule has 1 saturated heterocycles. The third kappa shape index (κ3) is 5.18. The van der Waals surface area contributed by atoms with Gasteiger partial charge in [-0.15, -0.1) is 0 Å². The van der Waals surface area contributed by atoms with Crippen molar-refractivity contribution in [2.24, 2.45) is 5.92 Å². The number of amides is 1. The molecule has 1 amide bonds. The average molecular weight is 408 g/mol. The zero-order valence-electron chi connectivity index (χ0n) is 16.9. The second kappa shape index (κ2) is 8.57. The molecule has 0 unspecified atom stereocenters. The van der Waals surface area contributed by atoms with Crippen LogP contribution in [0, 0.1) is 5.92 Å². The van der Waals surface area contributed by atoms with E-state index in [0.29, 0.717) is 23.0 Å². The van der Waals surface area contributed by atoms with Gasteiger partial charge in [0, 0.05) is 11.6 Å². The molecule has 2 atom stereocenters. The molecule has 0 radical (unpaired) electrons. The van der Waals surface area contributed by atoms with Crippen molar-refractivity contribution in [3.63, 3.8) is 0 Å². The van der Waals surface area contributed by atoms with Crippen LogP contribution >= 0.6 is 0 Å². The van der Waals surface area contributed by atoms with Gasteiger partial charge in [0.15, 0.2) is 0 Å². The molecule has 8 heteroatoms. The van der Waals surface area contributed by atoms with Crippen LogP contribution in [-0.4, -0.2) is 39.9 Å².